The minimum Gasteiger partial charge on any atom is -0.393 e. The molecule has 0 amide bonds. The maximum atomic E-state index is 13.0. The maximum absolute atomic E-state index is 13.0. The van der Waals surface area contributed by atoms with Gasteiger partial charge in [0.05, 0.1) is 17.1 Å². The van der Waals surface area contributed by atoms with Crippen molar-refractivity contribution in [1.29, 1.82) is 0 Å². The zero-order valence-electron chi connectivity index (χ0n) is 8.81. The number of hydrogen-bond acceptors (Lipinski definition) is 4. The van der Waals surface area contributed by atoms with Gasteiger partial charge in [-0.2, -0.15) is 0 Å². The van der Waals surface area contributed by atoms with E-state index in [2.05, 4.69) is 5.32 Å². The standard InChI is InChI=1S/C10H13FN2O3/c1-7(14)2-3-12-9-4-8(11)5-10(6-9)13(15)16/h4-7,12,14H,2-3H2,1H3. The summed E-state index contributed by atoms with van der Waals surface area (Å²) >= 11 is 0. The van der Waals surface area contributed by atoms with Gasteiger partial charge in [0.15, 0.2) is 0 Å². The van der Waals surface area contributed by atoms with Crippen LogP contribution in [0.5, 0.6) is 0 Å². The quantitative estimate of drug-likeness (QED) is 0.596. The summed E-state index contributed by atoms with van der Waals surface area (Å²) in [5.41, 5.74) is 0.0481. The molecule has 0 saturated carbocycles. The van der Waals surface area contributed by atoms with Crippen molar-refractivity contribution < 1.29 is 14.4 Å². The van der Waals surface area contributed by atoms with Crippen molar-refractivity contribution in [2.75, 3.05) is 11.9 Å². The van der Waals surface area contributed by atoms with Crippen molar-refractivity contribution in [3.8, 4) is 0 Å². The second kappa shape index (κ2) is 5.41. The van der Waals surface area contributed by atoms with E-state index in [9.17, 15) is 14.5 Å². The Morgan fingerprint density at radius 1 is 1.56 bits per heavy atom. The zero-order valence-corrected chi connectivity index (χ0v) is 8.81. The van der Waals surface area contributed by atoms with Gasteiger partial charge in [0, 0.05) is 18.3 Å². The Kier molecular flexibility index (Phi) is 4.19. The Balaban J connectivity index is 2.69. The van der Waals surface area contributed by atoms with Crippen molar-refractivity contribution in [2.45, 2.75) is 19.4 Å². The molecule has 0 fully saturated rings. The lowest BCUT2D eigenvalue weighted by atomic mass is 10.2. The molecule has 88 valence electrons. The van der Waals surface area contributed by atoms with Gasteiger partial charge in [-0.25, -0.2) is 4.39 Å². The lowest BCUT2D eigenvalue weighted by molar-refractivity contribution is -0.385. The third-order valence-electron chi connectivity index (χ3n) is 1.98. The molecule has 0 bridgehead atoms. The van der Waals surface area contributed by atoms with Crippen LogP contribution in [0.15, 0.2) is 18.2 Å². The summed E-state index contributed by atoms with van der Waals surface area (Å²) < 4.78 is 13.0. The number of benzene rings is 1. The van der Waals surface area contributed by atoms with E-state index < -0.39 is 16.8 Å². The van der Waals surface area contributed by atoms with Crippen LogP contribution >= 0.6 is 0 Å². The van der Waals surface area contributed by atoms with Crippen molar-refractivity contribution in [3.05, 3.63) is 34.1 Å². The average Bonchev–Trinajstić information content (AvgIpc) is 2.16. The molecule has 6 heteroatoms. The van der Waals surface area contributed by atoms with Crippen LogP contribution < -0.4 is 5.32 Å². The van der Waals surface area contributed by atoms with E-state index in [0.717, 1.165) is 6.07 Å². The predicted octanol–water partition coefficient (Wildman–Crippen LogP) is 1.92. The molecule has 0 aliphatic heterocycles. The van der Waals surface area contributed by atoms with Crippen LogP contribution in [-0.2, 0) is 0 Å². The molecule has 0 aromatic heterocycles. The molecule has 0 spiro atoms. The van der Waals surface area contributed by atoms with Gasteiger partial charge in [-0.1, -0.05) is 0 Å². The maximum Gasteiger partial charge on any atom is 0.274 e. The third-order valence-corrected chi connectivity index (χ3v) is 1.98. The fourth-order valence-electron chi connectivity index (χ4n) is 1.21. The average molecular weight is 228 g/mol. The molecule has 16 heavy (non-hydrogen) atoms. The highest BCUT2D eigenvalue weighted by Crippen LogP contribution is 2.19. The largest absolute Gasteiger partial charge is 0.393 e. The van der Waals surface area contributed by atoms with Gasteiger partial charge in [-0.15, -0.1) is 0 Å². The number of hydrogen-bond donors (Lipinski definition) is 2. The summed E-state index contributed by atoms with van der Waals surface area (Å²) in [6.45, 7) is 2.06. The van der Waals surface area contributed by atoms with Gasteiger partial charge >= 0.3 is 0 Å². The van der Waals surface area contributed by atoms with Gasteiger partial charge in [-0.3, -0.25) is 10.1 Å². The SMILES string of the molecule is CC(O)CCNc1cc(F)cc([N+](=O)[O-])c1. The van der Waals surface area contributed by atoms with E-state index in [0.29, 0.717) is 18.7 Å². The number of aliphatic hydroxyl groups is 1. The summed E-state index contributed by atoms with van der Waals surface area (Å²) in [5, 5.41) is 22.3. The molecule has 0 radical (unpaired) electrons. The van der Waals surface area contributed by atoms with Gasteiger partial charge < -0.3 is 10.4 Å². The number of nitrogens with zero attached hydrogens (tertiary/aromatic N) is 1. The molecule has 1 aromatic rings. The Morgan fingerprint density at radius 3 is 2.81 bits per heavy atom. The minimum absolute atomic E-state index is 0.292. The van der Waals surface area contributed by atoms with Gasteiger partial charge in [0.1, 0.15) is 5.82 Å². The third kappa shape index (κ3) is 3.82. The summed E-state index contributed by atoms with van der Waals surface area (Å²) in [6, 6.07) is 3.29. The molecular weight excluding hydrogens is 215 g/mol. The molecular formula is C10H13FN2O3. The summed E-state index contributed by atoms with van der Waals surface area (Å²) in [5.74, 6) is -0.659. The Hall–Kier alpha value is -1.69. The van der Waals surface area contributed by atoms with E-state index >= 15 is 0 Å². The van der Waals surface area contributed by atoms with Crippen LogP contribution in [0.2, 0.25) is 0 Å². The normalized spacial score (nSPS) is 12.2. The van der Waals surface area contributed by atoms with E-state index in [1.807, 2.05) is 0 Å². The van der Waals surface area contributed by atoms with E-state index in [-0.39, 0.29) is 5.69 Å². The first-order valence-electron chi connectivity index (χ1n) is 4.86. The molecule has 1 rings (SSSR count). The van der Waals surface area contributed by atoms with E-state index in [4.69, 9.17) is 5.11 Å². The van der Waals surface area contributed by atoms with Crippen LogP contribution in [0.1, 0.15) is 13.3 Å². The molecule has 0 saturated heterocycles. The molecule has 5 nitrogen and oxygen atoms in total. The number of non-ortho nitro benzene ring substituents is 1. The fourth-order valence-corrected chi connectivity index (χ4v) is 1.21. The molecule has 0 aliphatic rings. The van der Waals surface area contributed by atoms with E-state index in [1.54, 1.807) is 6.92 Å². The Morgan fingerprint density at radius 2 is 2.25 bits per heavy atom. The molecule has 0 aliphatic carbocycles. The van der Waals surface area contributed by atoms with E-state index in [1.165, 1.54) is 12.1 Å². The summed E-state index contributed by atoms with van der Waals surface area (Å²) in [7, 11) is 0. The summed E-state index contributed by atoms with van der Waals surface area (Å²) in [6.07, 6.45) is 0.0284. The zero-order chi connectivity index (χ0) is 12.1. The van der Waals surface area contributed by atoms with Crippen molar-refractivity contribution in [3.63, 3.8) is 0 Å². The first kappa shape index (κ1) is 12.4. The first-order valence-corrected chi connectivity index (χ1v) is 4.86. The molecule has 1 aromatic carbocycles. The smallest absolute Gasteiger partial charge is 0.274 e. The lowest BCUT2D eigenvalue weighted by Gasteiger charge is -2.07. The fraction of sp³-hybridized carbons (Fsp3) is 0.400. The highest BCUT2D eigenvalue weighted by Gasteiger charge is 2.09. The molecule has 0 heterocycles. The number of aliphatic hydroxyl groups excluding tert-OH is 1. The highest BCUT2D eigenvalue weighted by molar-refractivity contribution is 5.51. The van der Waals surface area contributed by atoms with Crippen molar-refractivity contribution in [2.24, 2.45) is 0 Å². The number of nitro benzene ring substituents is 1. The van der Waals surface area contributed by atoms with Crippen molar-refractivity contribution in [1.82, 2.24) is 0 Å². The number of anilines is 1. The van der Waals surface area contributed by atoms with Crippen LogP contribution in [-0.4, -0.2) is 22.7 Å². The minimum atomic E-state index is -0.659. The monoisotopic (exact) mass is 228 g/mol. The Bertz CT molecular complexity index is 382. The number of nitrogens with one attached hydrogen (secondary N) is 1. The van der Waals surface area contributed by atoms with Crippen molar-refractivity contribution >= 4 is 11.4 Å². The van der Waals surface area contributed by atoms with Crippen LogP contribution in [0.4, 0.5) is 15.8 Å². The number of nitro groups is 1. The topological polar surface area (TPSA) is 75.4 Å². The molecule has 1 unspecified atom stereocenters. The lowest BCUT2D eigenvalue weighted by Crippen LogP contribution is -2.09. The van der Waals surface area contributed by atoms with Gasteiger partial charge in [0.25, 0.3) is 5.69 Å². The second-order valence-corrected chi connectivity index (χ2v) is 3.52. The van der Waals surface area contributed by atoms with Gasteiger partial charge in [0.2, 0.25) is 0 Å². The van der Waals surface area contributed by atoms with Gasteiger partial charge in [-0.05, 0) is 19.4 Å². The molecule has 1 atom stereocenters. The van der Waals surface area contributed by atoms with Crippen LogP contribution in [0.3, 0.4) is 0 Å². The number of rotatable bonds is 5. The number of halogens is 1. The highest BCUT2D eigenvalue weighted by atomic mass is 19.1. The van der Waals surface area contributed by atoms with Crippen LogP contribution in [0, 0.1) is 15.9 Å². The first-order chi connectivity index (χ1) is 7.49. The molecule has 2 N–H and O–H groups in total. The van der Waals surface area contributed by atoms with Crippen LogP contribution in [0.25, 0.3) is 0 Å². The Labute approximate surface area is 92.1 Å². The second-order valence-electron chi connectivity index (χ2n) is 3.52. The summed E-state index contributed by atoms with van der Waals surface area (Å²) in [4.78, 5) is 9.81. The predicted molar refractivity (Wildman–Crippen MR) is 57.8 cm³/mol.